The summed E-state index contributed by atoms with van der Waals surface area (Å²) in [6.45, 7) is 6.68. The number of hydrogen-bond donors (Lipinski definition) is 0. The van der Waals surface area contributed by atoms with Gasteiger partial charge in [-0.3, -0.25) is 0 Å². The molecule has 0 aromatic carbocycles. The Hall–Kier alpha value is 0.0169. The highest BCUT2D eigenvalue weighted by Gasteiger charge is 2.36. The van der Waals surface area contributed by atoms with Crippen molar-refractivity contribution in [2.45, 2.75) is 90.2 Å². The van der Waals surface area contributed by atoms with Gasteiger partial charge in [-0.1, -0.05) is 44.9 Å². The molecule has 5 nitrogen and oxygen atoms in total. The van der Waals surface area contributed by atoms with Crippen molar-refractivity contribution in [1.29, 1.82) is 0 Å². The molecule has 0 radical (unpaired) electrons. The Morgan fingerprint density at radius 2 is 1.04 bits per heavy atom. The quantitative estimate of drug-likeness (QED) is 0.165. The Kier molecular flexibility index (Phi) is 14.2. The Morgan fingerprint density at radius 3 is 1.46 bits per heavy atom. The first-order chi connectivity index (χ1) is 11.4. The molecule has 0 heterocycles. The molecular weight excluding hydrogens is 324 g/mol. The lowest BCUT2D eigenvalue weighted by atomic mass is 10.1. The molecule has 0 saturated heterocycles. The summed E-state index contributed by atoms with van der Waals surface area (Å²) in [5, 5.41) is 0. The zero-order valence-corrected chi connectivity index (χ0v) is 17.8. The van der Waals surface area contributed by atoms with Crippen LogP contribution >= 0.6 is 0 Å². The molecule has 0 fully saturated rings. The summed E-state index contributed by atoms with van der Waals surface area (Å²) in [6.07, 6.45) is 11.1. The zero-order chi connectivity index (χ0) is 18.3. The first kappa shape index (κ1) is 24.0. The average Bonchev–Trinajstić information content (AvgIpc) is 2.55. The monoisotopic (exact) mass is 364 g/mol. The smallest absolute Gasteiger partial charge is 0.377 e. The molecule has 6 heteroatoms. The molecule has 0 aromatic rings. The first-order valence-electron chi connectivity index (χ1n) is 9.35. The van der Waals surface area contributed by atoms with Crippen molar-refractivity contribution < 1.29 is 23.1 Å². The lowest BCUT2D eigenvalue weighted by molar-refractivity contribution is -0.348. The van der Waals surface area contributed by atoms with Gasteiger partial charge >= 0.3 is 8.80 Å². The maximum atomic E-state index is 5.43. The summed E-state index contributed by atoms with van der Waals surface area (Å²) in [5.41, 5.74) is -0.210. The van der Waals surface area contributed by atoms with Crippen molar-refractivity contribution in [3.8, 4) is 0 Å². The average molecular weight is 365 g/mol. The Bertz CT molecular complexity index is 269. The maximum Gasteiger partial charge on any atom is 0.500 e. The molecule has 0 rings (SSSR count). The van der Waals surface area contributed by atoms with Crippen LogP contribution in [0.25, 0.3) is 0 Å². The number of unbranched alkanes of at least 4 members (excludes halogenated alkanes) is 8. The van der Waals surface area contributed by atoms with Crippen LogP contribution in [0, 0.1) is 0 Å². The predicted octanol–water partition coefficient (Wildman–Crippen LogP) is 5.12. The van der Waals surface area contributed by atoms with Crippen molar-refractivity contribution in [1.82, 2.24) is 0 Å². The molecule has 0 N–H and O–H groups in total. The van der Waals surface area contributed by atoms with Gasteiger partial charge in [-0.2, -0.15) is 0 Å². The van der Waals surface area contributed by atoms with Crippen molar-refractivity contribution in [3.05, 3.63) is 0 Å². The maximum absolute atomic E-state index is 5.43. The van der Waals surface area contributed by atoms with Gasteiger partial charge < -0.3 is 13.3 Å². The molecule has 0 aliphatic rings. The molecule has 0 amide bonds. The summed E-state index contributed by atoms with van der Waals surface area (Å²) in [7, 11) is 2.69. The highest BCUT2D eigenvalue weighted by Crippen LogP contribution is 2.18. The van der Waals surface area contributed by atoms with Crippen LogP contribution in [-0.2, 0) is 23.1 Å². The lowest BCUT2D eigenvalue weighted by Gasteiger charge is -2.24. The number of hydrogen-bond acceptors (Lipinski definition) is 5. The minimum Gasteiger partial charge on any atom is -0.377 e. The molecule has 0 aliphatic heterocycles. The van der Waals surface area contributed by atoms with E-state index < -0.39 is 8.80 Å². The van der Waals surface area contributed by atoms with Crippen LogP contribution in [0.5, 0.6) is 0 Å². The minimum atomic E-state index is -2.35. The second-order valence-electron chi connectivity index (χ2n) is 7.25. The Morgan fingerprint density at radius 1 is 0.625 bits per heavy atom. The van der Waals surface area contributed by atoms with Crippen LogP contribution in [0.15, 0.2) is 0 Å². The highest BCUT2D eigenvalue weighted by molar-refractivity contribution is 6.60. The van der Waals surface area contributed by atoms with E-state index in [1.807, 2.05) is 20.8 Å². The van der Waals surface area contributed by atoms with Gasteiger partial charge in [0.2, 0.25) is 0 Å². The molecule has 0 atom stereocenters. The van der Waals surface area contributed by atoms with E-state index in [0.717, 1.165) is 18.9 Å². The van der Waals surface area contributed by atoms with E-state index in [9.17, 15) is 0 Å². The summed E-state index contributed by atoms with van der Waals surface area (Å²) < 4.78 is 16.3. The predicted molar refractivity (Wildman–Crippen MR) is 99.9 cm³/mol. The van der Waals surface area contributed by atoms with Crippen LogP contribution in [0.1, 0.15) is 78.6 Å². The second kappa shape index (κ2) is 14.2. The summed E-state index contributed by atoms with van der Waals surface area (Å²) in [5.74, 6) is 0. The standard InChI is InChI=1S/C18H40O5Si/c1-18(2,3)23-22-16-14-12-10-8-7-9-11-13-15-17-24(19-4,20-5)21-6/h7-17H2,1-6H3. The lowest BCUT2D eigenvalue weighted by Crippen LogP contribution is -2.42. The SMILES string of the molecule is CO[Si](CCCCCCCCCCCOOC(C)(C)C)(OC)OC. The van der Waals surface area contributed by atoms with Crippen molar-refractivity contribution in [2.24, 2.45) is 0 Å². The third-order valence-electron chi connectivity index (χ3n) is 3.95. The highest BCUT2D eigenvalue weighted by atomic mass is 28.4. The molecule has 0 spiro atoms. The van der Waals surface area contributed by atoms with Crippen LogP contribution in [-0.4, -0.2) is 42.3 Å². The third kappa shape index (κ3) is 13.3. The van der Waals surface area contributed by atoms with Crippen molar-refractivity contribution >= 4 is 8.80 Å². The van der Waals surface area contributed by atoms with Gasteiger partial charge in [0.25, 0.3) is 0 Å². The molecule has 0 saturated carbocycles. The molecular formula is C18H40O5Si. The van der Waals surface area contributed by atoms with Gasteiger partial charge in [0.15, 0.2) is 0 Å². The topological polar surface area (TPSA) is 46.2 Å². The van der Waals surface area contributed by atoms with Crippen LogP contribution in [0.3, 0.4) is 0 Å². The molecule has 24 heavy (non-hydrogen) atoms. The fraction of sp³-hybridized carbons (Fsp3) is 1.00. The molecule has 0 aromatic heterocycles. The molecule has 146 valence electrons. The van der Waals surface area contributed by atoms with Crippen molar-refractivity contribution in [2.75, 3.05) is 27.9 Å². The zero-order valence-electron chi connectivity index (χ0n) is 16.8. The van der Waals surface area contributed by atoms with E-state index in [1.54, 1.807) is 21.3 Å². The van der Waals surface area contributed by atoms with Crippen LogP contribution < -0.4 is 0 Å². The van der Waals surface area contributed by atoms with E-state index in [2.05, 4.69) is 0 Å². The molecule has 0 bridgehead atoms. The second-order valence-corrected chi connectivity index (χ2v) is 10.3. The van der Waals surface area contributed by atoms with E-state index in [4.69, 9.17) is 23.1 Å². The fourth-order valence-corrected chi connectivity index (χ4v) is 4.31. The van der Waals surface area contributed by atoms with E-state index in [0.29, 0.717) is 6.61 Å². The van der Waals surface area contributed by atoms with Crippen molar-refractivity contribution in [3.63, 3.8) is 0 Å². The fourth-order valence-electron chi connectivity index (χ4n) is 2.51. The van der Waals surface area contributed by atoms with Crippen LogP contribution in [0.4, 0.5) is 0 Å². The third-order valence-corrected chi connectivity index (χ3v) is 6.78. The Labute approximate surface area is 150 Å². The van der Waals surface area contributed by atoms with Gasteiger partial charge in [0.1, 0.15) is 0 Å². The van der Waals surface area contributed by atoms with Gasteiger partial charge in [-0.05, 0) is 33.6 Å². The summed E-state index contributed by atoms with van der Waals surface area (Å²) in [4.78, 5) is 10.4. The number of rotatable bonds is 16. The Balaban J connectivity index is 3.31. The molecule has 0 unspecified atom stereocenters. The summed E-state index contributed by atoms with van der Waals surface area (Å²) in [6, 6.07) is 0.910. The van der Waals surface area contributed by atoms with E-state index >= 15 is 0 Å². The largest absolute Gasteiger partial charge is 0.500 e. The van der Waals surface area contributed by atoms with Gasteiger partial charge in [0, 0.05) is 27.4 Å². The minimum absolute atomic E-state index is 0.210. The van der Waals surface area contributed by atoms with Crippen LogP contribution in [0.2, 0.25) is 6.04 Å². The van der Waals surface area contributed by atoms with Gasteiger partial charge in [-0.25, -0.2) is 9.78 Å². The molecule has 0 aliphatic carbocycles. The van der Waals surface area contributed by atoms with E-state index in [1.165, 1.54) is 44.9 Å². The normalized spacial score (nSPS) is 12.8. The first-order valence-corrected chi connectivity index (χ1v) is 11.3. The van der Waals surface area contributed by atoms with E-state index in [-0.39, 0.29) is 5.60 Å². The van der Waals surface area contributed by atoms with Gasteiger partial charge in [0.05, 0.1) is 12.2 Å². The summed E-state index contributed by atoms with van der Waals surface area (Å²) >= 11 is 0. The van der Waals surface area contributed by atoms with Gasteiger partial charge in [-0.15, -0.1) is 0 Å².